The molecule has 0 spiro atoms. The van der Waals surface area contributed by atoms with E-state index in [-0.39, 0.29) is 11.6 Å². The van der Waals surface area contributed by atoms with Crippen LogP contribution in [-0.2, 0) is 9.53 Å². The summed E-state index contributed by atoms with van der Waals surface area (Å²) in [7, 11) is 0. The number of hydrogen-bond donors (Lipinski definition) is 0. The number of rotatable bonds is 5. The third-order valence-electron chi connectivity index (χ3n) is 3.47. The number of carbonyl (C=O) groups is 1. The lowest BCUT2D eigenvalue weighted by atomic mass is 10.1. The Morgan fingerprint density at radius 2 is 2.00 bits per heavy atom. The smallest absolute Gasteiger partial charge is 0.363 e. The van der Waals surface area contributed by atoms with Gasteiger partial charge in [-0.25, -0.2) is 9.79 Å². The minimum Gasteiger partial charge on any atom is -0.489 e. The Morgan fingerprint density at radius 1 is 1.23 bits per heavy atom. The van der Waals surface area contributed by atoms with E-state index in [1.54, 1.807) is 24.3 Å². The minimum atomic E-state index is -0.541. The van der Waals surface area contributed by atoms with E-state index in [4.69, 9.17) is 32.7 Å². The number of para-hydroxylation sites is 1. The zero-order valence-corrected chi connectivity index (χ0v) is 15.5. The number of benzene rings is 2. The number of esters is 1. The van der Waals surface area contributed by atoms with E-state index in [1.165, 1.54) is 0 Å². The maximum absolute atomic E-state index is 12.2. The third kappa shape index (κ3) is 4.15. The molecule has 0 N–H and O–H groups in total. The first-order valence-corrected chi connectivity index (χ1v) is 8.54. The molecule has 0 atom stereocenters. The molecule has 0 aromatic heterocycles. The van der Waals surface area contributed by atoms with Crippen LogP contribution in [0.25, 0.3) is 6.08 Å². The maximum Gasteiger partial charge on any atom is 0.363 e. The summed E-state index contributed by atoms with van der Waals surface area (Å²) in [5, 5.41) is 0.776. The SMILES string of the molecule is C=C(C)COc1ccccc1C=C1N=C(c2ccc(Cl)c(Cl)c2)OC1=O. The van der Waals surface area contributed by atoms with Gasteiger partial charge in [0.05, 0.1) is 10.0 Å². The Balaban J connectivity index is 1.91. The van der Waals surface area contributed by atoms with Crippen molar-refractivity contribution in [2.75, 3.05) is 6.61 Å². The van der Waals surface area contributed by atoms with Crippen LogP contribution in [0.5, 0.6) is 5.75 Å². The van der Waals surface area contributed by atoms with Crippen LogP contribution >= 0.6 is 23.2 Å². The number of aliphatic imine (C=N–C) groups is 1. The summed E-state index contributed by atoms with van der Waals surface area (Å²) in [5.74, 6) is 0.273. The van der Waals surface area contributed by atoms with Gasteiger partial charge in [0.1, 0.15) is 12.4 Å². The van der Waals surface area contributed by atoms with Crippen molar-refractivity contribution in [2.24, 2.45) is 4.99 Å². The van der Waals surface area contributed by atoms with Crippen LogP contribution in [0.2, 0.25) is 10.0 Å². The van der Waals surface area contributed by atoms with Crippen LogP contribution in [0.15, 0.2) is 65.3 Å². The van der Waals surface area contributed by atoms with E-state index in [0.717, 1.165) is 11.1 Å². The summed E-state index contributed by atoms with van der Waals surface area (Å²) in [4.78, 5) is 16.4. The molecule has 0 aliphatic carbocycles. The molecule has 0 fully saturated rings. The predicted molar refractivity (Wildman–Crippen MR) is 104 cm³/mol. The average Bonchev–Trinajstić information content (AvgIpc) is 2.97. The zero-order chi connectivity index (χ0) is 18.7. The van der Waals surface area contributed by atoms with Gasteiger partial charge in [0, 0.05) is 11.1 Å². The highest BCUT2D eigenvalue weighted by atomic mass is 35.5. The first-order chi connectivity index (χ1) is 12.4. The maximum atomic E-state index is 12.2. The predicted octanol–water partition coefficient (Wildman–Crippen LogP) is 5.29. The lowest BCUT2D eigenvalue weighted by Gasteiger charge is -2.08. The molecule has 6 heteroatoms. The van der Waals surface area contributed by atoms with Crippen molar-refractivity contribution in [3.63, 3.8) is 0 Å². The highest BCUT2D eigenvalue weighted by molar-refractivity contribution is 6.42. The molecule has 1 aliphatic rings. The molecule has 4 nitrogen and oxygen atoms in total. The summed E-state index contributed by atoms with van der Waals surface area (Å²) in [6.07, 6.45) is 1.63. The fourth-order valence-electron chi connectivity index (χ4n) is 2.24. The van der Waals surface area contributed by atoms with Gasteiger partial charge in [-0.1, -0.05) is 48.0 Å². The van der Waals surface area contributed by atoms with Gasteiger partial charge >= 0.3 is 5.97 Å². The number of nitrogens with zero attached hydrogens (tertiary/aromatic N) is 1. The van der Waals surface area contributed by atoms with Crippen molar-refractivity contribution in [3.8, 4) is 5.75 Å². The monoisotopic (exact) mass is 387 g/mol. The Kier molecular flexibility index (Phi) is 5.45. The van der Waals surface area contributed by atoms with Crippen LogP contribution < -0.4 is 4.74 Å². The third-order valence-corrected chi connectivity index (χ3v) is 4.21. The van der Waals surface area contributed by atoms with E-state index < -0.39 is 5.97 Å². The topological polar surface area (TPSA) is 47.9 Å². The van der Waals surface area contributed by atoms with E-state index in [0.29, 0.717) is 28.0 Å². The number of carbonyl (C=O) groups excluding carboxylic acids is 1. The van der Waals surface area contributed by atoms with Crippen LogP contribution in [0.1, 0.15) is 18.1 Å². The number of cyclic esters (lactones) is 1. The molecule has 26 heavy (non-hydrogen) atoms. The minimum absolute atomic E-state index is 0.178. The average molecular weight is 388 g/mol. The van der Waals surface area contributed by atoms with Gasteiger partial charge in [0.25, 0.3) is 0 Å². The summed E-state index contributed by atoms with van der Waals surface area (Å²) < 4.78 is 11.0. The normalized spacial score (nSPS) is 15.0. The van der Waals surface area contributed by atoms with Gasteiger partial charge in [-0.15, -0.1) is 0 Å². The number of halogens is 2. The van der Waals surface area contributed by atoms with Gasteiger partial charge < -0.3 is 9.47 Å². The summed E-state index contributed by atoms with van der Waals surface area (Å²) in [5.41, 5.74) is 2.37. The van der Waals surface area contributed by atoms with Crippen molar-refractivity contribution in [1.29, 1.82) is 0 Å². The van der Waals surface area contributed by atoms with Gasteiger partial charge in [-0.05, 0) is 42.8 Å². The molecule has 132 valence electrons. The number of hydrogen-bond acceptors (Lipinski definition) is 4. The highest BCUT2D eigenvalue weighted by Crippen LogP contribution is 2.27. The first-order valence-electron chi connectivity index (χ1n) is 7.78. The first kappa shape index (κ1) is 18.2. The van der Waals surface area contributed by atoms with E-state index in [2.05, 4.69) is 11.6 Å². The van der Waals surface area contributed by atoms with Gasteiger partial charge in [0.15, 0.2) is 5.70 Å². The molecular formula is C20H15Cl2NO3. The Bertz CT molecular complexity index is 948. The second kappa shape index (κ2) is 7.77. The lowest BCUT2D eigenvalue weighted by molar-refractivity contribution is -0.129. The Labute approximate surface area is 161 Å². The van der Waals surface area contributed by atoms with E-state index in [1.807, 2.05) is 31.2 Å². The molecule has 1 aliphatic heterocycles. The summed E-state index contributed by atoms with van der Waals surface area (Å²) >= 11 is 11.9. The molecule has 0 radical (unpaired) electrons. The fourth-order valence-corrected chi connectivity index (χ4v) is 2.54. The zero-order valence-electron chi connectivity index (χ0n) is 14.0. The molecule has 0 amide bonds. The number of ether oxygens (including phenoxy) is 2. The van der Waals surface area contributed by atoms with Gasteiger partial charge in [0.2, 0.25) is 5.90 Å². The largest absolute Gasteiger partial charge is 0.489 e. The second-order valence-corrected chi connectivity index (χ2v) is 6.56. The standard InChI is InChI=1S/C20H15Cl2NO3/c1-12(2)11-25-18-6-4-3-5-13(18)10-17-20(24)26-19(23-17)14-7-8-15(21)16(22)9-14/h3-10H,1,11H2,2H3. The Morgan fingerprint density at radius 3 is 2.73 bits per heavy atom. The fraction of sp³-hybridized carbons (Fsp3) is 0.100. The van der Waals surface area contributed by atoms with Crippen molar-refractivity contribution in [3.05, 3.63) is 81.5 Å². The quantitative estimate of drug-likeness (QED) is 0.397. The Hall–Kier alpha value is -2.56. The molecule has 0 saturated carbocycles. The molecule has 2 aromatic carbocycles. The van der Waals surface area contributed by atoms with E-state index >= 15 is 0 Å². The van der Waals surface area contributed by atoms with Crippen molar-refractivity contribution >= 4 is 41.1 Å². The van der Waals surface area contributed by atoms with Gasteiger partial charge in [-0.2, -0.15) is 0 Å². The van der Waals surface area contributed by atoms with E-state index in [9.17, 15) is 4.79 Å². The molecule has 3 rings (SSSR count). The molecule has 0 unspecified atom stereocenters. The molecule has 0 bridgehead atoms. The molecule has 1 heterocycles. The summed E-state index contributed by atoms with van der Waals surface area (Å²) in [6, 6.07) is 12.3. The summed E-state index contributed by atoms with van der Waals surface area (Å²) in [6.45, 7) is 6.08. The van der Waals surface area contributed by atoms with Crippen LogP contribution in [0.3, 0.4) is 0 Å². The second-order valence-electron chi connectivity index (χ2n) is 5.75. The molecular weight excluding hydrogens is 373 g/mol. The van der Waals surface area contributed by atoms with Crippen molar-refractivity contribution in [1.82, 2.24) is 0 Å². The molecule has 0 saturated heterocycles. The lowest BCUT2D eigenvalue weighted by Crippen LogP contribution is -2.05. The van der Waals surface area contributed by atoms with Crippen LogP contribution in [0.4, 0.5) is 0 Å². The highest BCUT2D eigenvalue weighted by Gasteiger charge is 2.25. The van der Waals surface area contributed by atoms with Gasteiger partial charge in [-0.3, -0.25) is 0 Å². The van der Waals surface area contributed by atoms with Crippen molar-refractivity contribution in [2.45, 2.75) is 6.92 Å². The van der Waals surface area contributed by atoms with Crippen LogP contribution in [-0.4, -0.2) is 18.5 Å². The van der Waals surface area contributed by atoms with Crippen molar-refractivity contribution < 1.29 is 14.3 Å². The van der Waals surface area contributed by atoms with Crippen LogP contribution in [0, 0.1) is 0 Å². The molecule has 2 aromatic rings.